The average Bonchev–Trinajstić information content (AvgIpc) is 2.46. The molecule has 0 bridgehead atoms. The van der Waals surface area contributed by atoms with Gasteiger partial charge in [0.2, 0.25) is 5.91 Å². The van der Waals surface area contributed by atoms with Crippen LogP contribution < -0.4 is 11.1 Å². The number of nitrogens with zero attached hydrogens (tertiary/aromatic N) is 1. The molecule has 0 radical (unpaired) electrons. The van der Waals surface area contributed by atoms with Gasteiger partial charge in [-0.3, -0.25) is 4.79 Å². The Kier molecular flexibility index (Phi) is 4.03. The Morgan fingerprint density at radius 3 is 2.85 bits per heavy atom. The summed E-state index contributed by atoms with van der Waals surface area (Å²) in [6.45, 7) is 3.36. The Balaban J connectivity index is 1.57. The van der Waals surface area contributed by atoms with Gasteiger partial charge in [0.05, 0.1) is 0 Å². The van der Waals surface area contributed by atoms with Crippen molar-refractivity contribution in [3.63, 3.8) is 0 Å². The zero-order chi connectivity index (χ0) is 13.9. The molecular weight excluding hydrogens is 250 g/mol. The van der Waals surface area contributed by atoms with Gasteiger partial charge in [-0.1, -0.05) is 12.1 Å². The standard InChI is InChI=1S/C16H23N3O/c17-14-6-9-19(10-7-14)8-5-12-1-3-15-13(11-12)2-4-16(20)18-15/h1,3,11,14H,2,4-10,17H2,(H,18,20). The fourth-order valence-electron chi connectivity index (χ4n) is 3.06. The zero-order valence-corrected chi connectivity index (χ0v) is 11.9. The van der Waals surface area contributed by atoms with E-state index in [2.05, 4.69) is 22.3 Å². The Morgan fingerprint density at radius 1 is 1.25 bits per heavy atom. The maximum atomic E-state index is 11.3. The summed E-state index contributed by atoms with van der Waals surface area (Å²) in [5, 5.41) is 2.93. The van der Waals surface area contributed by atoms with Crippen molar-refractivity contribution in [2.24, 2.45) is 5.73 Å². The van der Waals surface area contributed by atoms with Crippen LogP contribution in [0.3, 0.4) is 0 Å². The second-order valence-corrected chi connectivity index (χ2v) is 5.97. The third kappa shape index (κ3) is 3.19. The Bertz CT molecular complexity index is 492. The van der Waals surface area contributed by atoms with Gasteiger partial charge >= 0.3 is 0 Å². The Morgan fingerprint density at radius 2 is 2.05 bits per heavy atom. The van der Waals surface area contributed by atoms with Gasteiger partial charge in [0.1, 0.15) is 0 Å². The van der Waals surface area contributed by atoms with Crippen molar-refractivity contribution in [2.75, 3.05) is 25.0 Å². The van der Waals surface area contributed by atoms with Crippen molar-refractivity contribution in [3.8, 4) is 0 Å². The third-order valence-electron chi connectivity index (χ3n) is 4.41. The van der Waals surface area contributed by atoms with E-state index in [0.717, 1.165) is 51.0 Å². The van der Waals surface area contributed by atoms with E-state index in [1.165, 1.54) is 11.1 Å². The van der Waals surface area contributed by atoms with Gasteiger partial charge in [0.25, 0.3) is 0 Å². The molecule has 0 aliphatic carbocycles. The maximum absolute atomic E-state index is 11.3. The van der Waals surface area contributed by atoms with E-state index in [4.69, 9.17) is 5.73 Å². The lowest BCUT2D eigenvalue weighted by molar-refractivity contribution is -0.116. The number of hydrogen-bond donors (Lipinski definition) is 2. The van der Waals surface area contributed by atoms with E-state index < -0.39 is 0 Å². The van der Waals surface area contributed by atoms with Crippen molar-refractivity contribution >= 4 is 11.6 Å². The zero-order valence-electron chi connectivity index (χ0n) is 11.9. The number of hydrogen-bond acceptors (Lipinski definition) is 3. The molecule has 2 aliphatic heterocycles. The molecule has 0 aromatic heterocycles. The molecular formula is C16H23N3O. The van der Waals surface area contributed by atoms with Gasteiger partial charge in [0.15, 0.2) is 0 Å². The van der Waals surface area contributed by atoms with Crippen LogP contribution in [0.5, 0.6) is 0 Å². The van der Waals surface area contributed by atoms with E-state index in [1.54, 1.807) is 0 Å². The maximum Gasteiger partial charge on any atom is 0.224 e. The van der Waals surface area contributed by atoms with Crippen molar-refractivity contribution in [3.05, 3.63) is 29.3 Å². The monoisotopic (exact) mass is 273 g/mol. The highest BCUT2D eigenvalue weighted by molar-refractivity contribution is 5.93. The van der Waals surface area contributed by atoms with Crippen LogP contribution in [0.2, 0.25) is 0 Å². The molecule has 1 aromatic carbocycles. The molecule has 1 saturated heterocycles. The number of amides is 1. The van der Waals surface area contributed by atoms with Crippen LogP contribution >= 0.6 is 0 Å². The van der Waals surface area contributed by atoms with Gasteiger partial charge in [-0.05, 0) is 56.0 Å². The van der Waals surface area contributed by atoms with Crippen LogP contribution in [0, 0.1) is 0 Å². The normalized spacial score (nSPS) is 20.6. The van der Waals surface area contributed by atoms with Crippen molar-refractivity contribution in [2.45, 2.75) is 38.1 Å². The van der Waals surface area contributed by atoms with Crippen LogP contribution in [0.1, 0.15) is 30.4 Å². The van der Waals surface area contributed by atoms with E-state index in [0.29, 0.717) is 12.5 Å². The minimum absolute atomic E-state index is 0.134. The molecule has 2 heterocycles. The molecule has 0 atom stereocenters. The van der Waals surface area contributed by atoms with E-state index >= 15 is 0 Å². The molecule has 1 aromatic rings. The highest BCUT2D eigenvalue weighted by Crippen LogP contribution is 2.24. The van der Waals surface area contributed by atoms with Gasteiger partial charge in [-0.15, -0.1) is 0 Å². The SMILES string of the molecule is NC1CCN(CCc2ccc3c(c2)CCC(=O)N3)CC1. The lowest BCUT2D eigenvalue weighted by Gasteiger charge is -2.30. The predicted molar refractivity (Wildman–Crippen MR) is 80.7 cm³/mol. The van der Waals surface area contributed by atoms with Gasteiger partial charge in [0, 0.05) is 24.7 Å². The minimum Gasteiger partial charge on any atom is -0.328 e. The molecule has 1 fully saturated rings. The number of carbonyl (C=O) groups excluding carboxylic acids is 1. The second-order valence-electron chi connectivity index (χ2n) is 5.97. The summed E-state index contributed by atoms with van der Waals surface area (Å²) in [7, 11) is 0. The van der Waals surface area contributed by atoms with Crippen molar-refractivity contribution < 1.29 is 4.79 Å². The summed E-state index contributed by atoms with van der Waals surface area (Å²) < 4.78 is 0. The fraction of sp³-hybridized carbons (Fsp3) is 0.562. The largest absolute Gasteiger partial charge is 0.328 e. The van der Waals surface area contributed by atoms with Gasteiger partial charge < -0.3 is 16.0 Å². The number of rotatable bonds is 3. The molecule has 0 saturated carbocycles. The summed E-state index contributed by atoms with van der Waals surface area (Å²) in [5.41, 5.74) is 9.58. The first-order chi connectivity index (χ1) is 9.70. The minimum atomic E-state index is 0.134. The Hall–Kier alpha value is -1.39. The number of nitrogens with one attached hydrogen (secondary N) is 1. The molecule has 2 aliphatic rings. The third-order valence-corrected chi connectivity index (χ3v) is 4.41. The molecule has 3 N–H and O–H groups in total. The van der Waals surface area contributed by atoms with E-state index in [1.807, 2.05) is 6.07 Å². The molecule has 1 amide bonds. The number of aryl methyl sites for hydroxylation is 1. The number of anilines is 1. The number of likely N-dealkylation sites (tertiary alicyclic amines) is 1. The molecule has 0 unspecified atom stereocenters. The topological polar surface area (TPSA) is 58.4 Å². The smallest absolute Gasteiger partial charge is 0.224 e. The first-order valence-electron chi connectivity index (χ1n) is 7.60. The first-order valence-corrected chi connectivity index (χ1v) is 7.60. The predicted octanol–water partition coefficient (Wildman–Crippen LogP) is 1.54. The van der Waals surface area contributed by atoms with Crippen LogP contribution in [0.15, 0.2) is 18.2 Å². The molecule has 0 spiro atoms. The molecule has 4 heteroatoms. The quantitative estimate of drug-likeness (QED) is 0.878. The molecule has 108 valence electrons. The van der Waals surface area contributed by atoms with Crippen LogP contribution in [0.25, 0.3) is 0 Å². The van der Waals surface area contributed by atoms with Gasteiger partial charge in [-0.25, -0.2) is 0 Å². The number of nitrogens with two attached hydrogens (primary N) is 1. The molecule has 4 nitrogen and oxygen atoms in total. The number of benzene rings is 1. The molecule has 20 heavy (non-hydrogen) atoms. The van der Waals surface area contributed by atoms with E-state index in [9.17, 15) is 4.79 Å². The van der Waals surface area contributed by atoms with Crippen LogP contribution in [0.4, 0.5) is 5.69 Å². The van der Waals surface area contributed by atoms with Crippen molar-refractivity contribution in [1.29, 1.82) is 0 Å². The van der Waals surface area contributed by atoms with Crippen LogP contribution in [-0.2, 0) is 17.6 Å². The summed E-state index contributed by atoms with van der Waals surface area (Å²) in [6.07, 6.45) is 4.80. The Labute approximate surface area is 120 Å². The number of carbonyl (C=O) groups is 1. The number of fused-ring (bicyclic) bond motifs is 1. The average molecular weight is 273 g/mol. The van der Waals surface area contributed by atoms with Gasteiger partial charge in [-0.2, -0.15) is 0 Å². The highest BCUT2D eigenvalue weighted by atomic mass is 16.1. The lowest BCUT2D eigenvalue weighted by Crippen LogP contribution is -2.40. The summed E-state index contributed by atoms with van der Waals surface area (Å²) in [6, 6.07) is 6.84. The first kappa shape index (κ1) is 13.6. The fourth-order valence-corrected chi connectivity index (χ4v) is 3.06. The second kappa shape index (κ2) is 5.94. The van der Waals surface area contributed by atoms with E-state index in [-0.39, 0.29) is 5.91 Å². The lowest BCUT2D eigenvalue weighted by atomic mass is 9.99. The summed E-state index contributed by atoms with van der Waals surface area (Å²) in [5.74, 6) is 0.134. The van der Waals surface area contributed by atoms with Crippen molar-refractivity contribution in [1.82, 2.24) is 4.90 Å². The number of piperidine rings is 1. The highest BCUT2D eigenvalue weighted by Gasteiger charge is 2.17. The van der Waals surface area contributed by atoms with Crippen LogP contribution in [-0.4, -0.2) is 36.5 Å². The summed E-state index contributed by atoms with van der Waals surface area (Å²) in [4.78, 5) is 13.8. The molecule has 3 rings (SSSR count). The summed E-state index contributed by atoms with van der Waals surface area (Å²) >= 11 is 0.